The van der Waals surface area contributed by atoms with Crippen LogP contribution in [0.3, 0.4) is 0 Å². The highest BCUT2D eigenvalue weighted by Crippen LogP contribution is 2.24. The number of halogens is 1. The molecule has 1 heterocycles. The van der Waals surface area contributed by atoms with E-state index < -0.39 is 0 Å². The Kier molecular flexibility index (Phi) is 6.24. The van der Waals surface area contributed by atoms with E-state index >= 15 is 0 Å². The molecule has 0 aromatic heterocycles. The highest BCUT2D eigenvalue weighted by atomic mass is 19.1. The average molecular weight is 332 g/mol. The highest BCUT2D eigenvalue weighted by molar-refractivity contribution is 5.78. The summed E-state index contributed by atoms with van der Waals surface area (Å²) in [6.45, 7) is 3.60. The van der Waals surface area contributed by atoms with Gasteiger partial charge in [-0.15, -0.1) is 0 Å². The summed E-state index contributed by atoms with van der Waals surface area (Å²) >= 11 is 0. The van der Waals surface area contributed by atoms with Crippen molar-refractivity contribution in [1.29, 1.82) is 0 Å². The zero-order valence-electron chi connectivity index (χ0n) is 14.5. The van der Waals surface area contributed by atoms with Crippen molar-refractivity contribution in [2.45, 2.75) is 51.5 Å². The third-order valence-electron chi connectivity index (χ3n) is 5.57. The van der Waals surface area contributed by atoms with Crippen LogP contribution in [0.5, 0.6) is 0 Å². The highest BCUT2D eigenvalue weighted by Gasteiger charge is 2.25. The summed E-state index contributed by atoms with van der Waals surface area (Å²) < 4.78 is 13.0. The second kappa shape index (κ2) is 8.61. The number of carbonyl (C=O) groups excluding carboxylic acids is 1. The lowest BCUT2D eigenvalue weighted by Gasteiger charge is -2.31. The maximum absolute atomic E-state index is 13.0. The van der Waals surface area contributed by atoms with E-state index in [-0.39, 0.29) is 17.6 Å². The third-order valence-corrected chi connectivity index (χ3v) is 5.57. The molecule has 1 saturated heterocycles. The second-order valence-corrected chi connectivity index (χ2v) is 7.43. The van der Waals surface area contributed by atoms with Gasteiger partial charge >= 0.3 is 0 Å². The molecule has 24 heavy (non-hydrogen) atoms. The monoisotopic (exact) mass is 332 g/mol. The number of hydrogen-bond donors (Lipinski definition) is 1. The van der Waals surface area contributed by atoms with Crippen molar-refractivity contribution in [3.05, 3.63) is 35.6 Å². The molecule has 0 spiro atoms. The van der Waals surface area contributed by atoms with Crippen LogP contribution < -0.4 is 5.32 Å². The van der Waals surface area contributed by atoms with Crippen LogP contribution in [0.1, 0.15) is 50.5 Å². The molecule has 1 saturated carbocycles. The molecule has 132 valence electrons. The van der Waals surface area contributed by atoms with Gasteiger partial charge in [-0.3, -0.25) is 9.69 Å². The summed E-state index contributed by atoms with van der Waals surface area (Å²) in [5.74, 6) is 0.924. The Bertz CT molecular complexity index is 517. The van der Waals surface area contributed by atoms with Crippen molar-refractivity contribution in [3.63, 3.8) is 0 Å². The quantitative estimate of drug-likeness (QED) is 0.891. The van der Waals surface area contributed by atoms with Crippen molar-refractivity contribution < 1.29 is 9.18 Å². The number of amides is 1. The van der Waals surface area contributed by atoms with Crippen LogP contribution in [0, 0.1) is 17.7 Å². The Morgan fingerprint density at radius 2 is 1.71 bits per heavy atom. The smallest absolute Gasteiger partial charge is 0.223 e. The molecule has 1 aromatic rings. The first kappa shape index (κ1) is 17.4. The molecule has 1 N–H and O–H groups in total. The molecule has 2 aliphatic rings. The number of piperidine rings is 1. The van der Waals surface area contributed by atoms with Crippen molar-refractivity contribution >= 4 is 5.91 Å². The lowest BCUT2D eigenvalue weighted by molar-refractivity contribution is -0.126. The number of hydrogen-bond acceptors (Lipinski definition) is 2. The van der Waals surface area contributed by atoms with Gasteiger partial charge in [0, 0.05) is 19.0 Å². The van der Waals surface area contributed by atoms with Crippen molar-refractivity contribution in [1.82, 2.24) is 10.2 Å². The average Bonchev–Trinajstić information content (AvgIpc) is 2.63. The Morgan fingerprint density at radius 1 is 1.04 bits per heavy atom. The fourth-order valence-electron chi connectivity index (χ4n) is 3.98. The van der Waals surface area contributed by atoms with Crippen molar-refractivity contribution in [3.8, 4) is 0 Å². The van der Waals surface area contributed by atoms with Crippen molar-refractivity contribution in [2.24, 2.45) is 11.8 Å². The van der Waals surface area contributed by atoms with Gasteiger partial charge in [-0.1, -0.05) is 31.4 Å². The van der Waals surface area contributed by atoms with Gasteiger partial charge < -0.3 is 5.32 Å². The van der Waals surface area contributed by atoms with Crippen LogP contribution in [0.25, 0.3) is 0 Å². The van der Waals surface area contributed by atoms with E-state index in [4.69, 9.17) is 0 Å². The Labute approximate surface area is 144 Å². The van der Waals surface area contributed by atoms with Gasteiger partial charge in [-0.25, -0.2) is 4.39 Å². The summed E-state index contributed by atoms with van der Waals surface area (Å²) in [5, 5.41) is 3.19. The van der Waals surface area contributed by atoms with E-state index in [0.29, 0.717) is 5.92 Å². The minimum atomic E-state index is -0.188. The molecule has 3 rings (SSSR count). The van der Waals surface area contributed by atoms with Crippen LogP contribution >= 0.6 is 0 Å². The maximum Gasteiger partial charge on any atom is 0.223 e. The number of benzene rings is 1. The lowest BCUT2D eigenvalue weighted by atomic mass is 9.89. The van der Waals surface area contributed by atoms with E-state index in [2.05, 4.69) is 10.2 Å². The predicted molar refractivity (Wildman–Crippen MR) is 94.0 cm³/mol. The first-order valence-corrected chi connectivity index (χ1v) is 9.45. The van der Waals surface area contributed by atoms with Gasteiger partial charge in [-0.05, 0) is 62.4 Å². The van der Waals surface area contributed by atoms with Gasteiger partial charge in [-0.2, -0.15) is 0 Å². The fourth-order valence-corrected chi connectivity index (χ4v) is 3.98. The SMILES string of the molecule is O=C(NCC1CCCCC1)C1CCN(Cc2ccc(F)cc2)CC1. The van der Waals surface area contributed by atoms with Crippen LogP contribution in [0.4, 0.5) is 4.39 Å². The molecule has 1 amide bonds. The summed E-state index contributed by atoms with van der Waals surface area (Å²) in [6, 6.07) is 6.72. The topological polar surface area (TPSA) is 32.3 Å². The largest absolute Gasteiger partial charge is 0.356 e. The summed E-state index contributed by atoms with van der Waals surface area (Å²) in [5.41, 5.74) is 1.14. The second-order valence-electron chi connectivity index (χ2n) is 7.43. The van der Waals surface area contributed by atoms with Crippen molar-refractivity contribution in [2.75, 3.05) is 19.6 Å². The van der Waals surface area contributed by atoms with E-state index in [0.717, 1.165) is 44.6 Å². The number of nitrogens with one attached hydrogen (secondary N) is 1. The Morgan fingerprint density at radius 3 is 2.38 bits per heavy atom. The normalized spacial score (nSPS) is 20.9. The maximum atomic E-state index is 13.0. The third kappa shape index (κ3) is 5.04. The van der Waals surface area contributed by atoms with E-state index in [1.165, 1.54) is 44.2 Å². The van der Waals surface area contributed by atoms with Crippen LogP contribution in [0.2, 0.25) is 0 Å². The summed E-state index contributed by atoms with van der Waals surface area (Å²) in [6.07, 6.45) is 8.41. The van der Waals surface area contributed by atoms with Gasteiger partial charge in [0.05, 0.1) is 0 Å². The predicted octanol–water partition coefficient (Wildman–Crippen LogP) is 3.73. The number of carbonyl (C=O) groups is 1. The minimum Gasteiger partial charge on any atom is -0.356 e. The van der Waals surface area contributed by atoms with Gasteiger partial charge in [0.25, 0.3) is 0 Å². The molecule has 0 bridgehead atoms. The number of likely N-dealkylation sites (tertiary alicyclic amines) is 1. The molecule has 4 heteroatoms. The minimum absolute atomic E-state index is 0.165. The van der Waals surface area contributed by atoms with Gasteiger partial charge in [0.15, 0.2) is 0 Å². The standard InChI is InChI=1S/C20H29FN2O/c21-19-8-6-17(7-9-19)15-23-12-10-18(11-13-23)20(24)22-14-16-4-2-1-3-5-16/h6-9,16,18H,1-5,10-15H2,(H,22,24). The Hall–Kier alpha value is -1.42. The molecule has 0 radical (unpaired) electrons. The summed E-state index contributed by atoms with van der Waals surface area (Å²) in [4.78, 5) is 14.7. The lowest BCUT2D eigenvalue weighted by Crippen LogP contribution is -2.41. The Balaban J connectivity index is 1.37. The first-order valence-electron chi connectivity index (χ1n) is 9.45. The molecule has 1 aliphatic carbocycles. The first-order chi connectivity index (χ1) is 11.7. The number of rotatable bonds is 5. The van der Waals surface area contributed by atoms with E-state index in [1.54, 1.807) is 0 Å². The molecular weight excluding hydrogens is 303 g/mol. The molecular formula is C20H29FN2O. The van der Waals surface area contributed by atoms with E-state index in [1.807, 2.05) is 12.1 Å². The van der Waals surface area contributed by atoms with Gasteiger partial charge in [0.2, 0.25) is 5.91 Å². The molecule has 0 unspecified atom stereocenters. The molecule has 2 fully saturated rings. The van der Waals surface area contributed by atoms with Crippen LogP contribution in [-0.2, 0) is 11.3 Å². The van der Waals surface area contributed by atoms with Crippen LogP contribution in [-0.4, -0.2) is 30.4 Å². The van der Waals surface area contributed by atoms with Crippen LogP contribution in [0.15, 0.2) is 24.3 Å². The molecule has 1 aliphatic heterocycles. The van der Waals surface area contributed by atoms with E-state index in [9.17, 15) is 9.18 Å². The fraction of sp³-hybridized carbons (Fsp3) is 0.650. The van der Waals surface area contributed by atoms with Gasteiger partial charge in [0.1, 0.15) is 5.82 Å². The summed E-state index contributed by atoms with van der Waals surface area (Å²) in [7, 11) is 0. The zero-order chi connectivity index (χ0) is 16.8. The zero-order valence-corrected chi connectivity index (χ0v) is 14.5. The molecule has 3 nitrogen and oxygen atoms in total. The molecule has 1 aromatic carbocycles. The molecule has 0 atom stereocenters. The number of nitrogens with zero attached hydrogens (tertiary/aromatic N) is 1.